The SMILES string of the molecule is CN1CCCN(c2cccnc2C#N)CC1=O. The Morgan fingerprint density at radius 2 is 2.29 bits per heavy atom. The predicted octanol–water partition coefficient (Wildman–Crippen LogP) is 0.622. The molecule has 0 unspecified atom stereocenters. The largest absolute Gasteiger partial charge is 0.360 e. The van der Waals surface area contributed by atoms with Crippen LogP contribution in [0, 0.1) is 11.3 Å². The van der Waals surface area contributed by atoms with Crippen LogP contribution in [-0.2, 0) is 4.79 Å². The van der Waals surface area contributed by atoms with Crippen LogP contribution in [0.1, 0.15) is 12.1 Å². The first-order valence-electron chi connectivity index (χ1n) is 5.56. The molecule has 1 aromatic rings. The van der Waals surface area contributed by atoms with Crippen LogP contribution < -0.4 is 4.90 Å². The lowest BCUT2D eigenvalue weighted by atomic mass is 10.2. The smallest absolute Gasteiger partial charge is 0.241 e. The van der Waals surface area contributed by atoms with Gasteiger partial charge >= 0.3 is 0 Å². The van der Waals surface area contributed by atoms with Crippen LogP contribution >= 0.6 is 0 Å². The molecule has 0 atom stereocenters. The Labute approximate surface area is 100 Å². The Bertz CT molecular complexity index is 466. The minimum Gasteiger partial charge on any atom is -0.360 e. The number of nitriles is 1. The first-order valence-corrected chi connectivity index (χ1v) is 5.56. The van der Waals surface area contributed by atoms with E-state index in [-0.39, 0.29) is 5.91 Å². The van der Waals surface area contributed by atoms with E-state index in [0.717, 1.165) is 25.2 Å². The maximum atomic E-state index is 11.8. The van der Waals surface area contributed by atoms with E-state index in [1.54, 1.807) is 24.2 Å². The van der Waals surface area contributed by atoms with E-state index in [9.17, 15) is 4.79 Å². The number of aromatic nitrogens is 1. The first-order chi connectivity index (χ1) is 8.22. The van der Waals surface area contributed by atoms with Crippen molar-refractivity contribution in [3.8, 4) is 6.07 Å². The maximum absolute atomic E-state index is 11.8. The van der Waals surface area contributed by atoms with E-state index in [2.05, 4.69) is 11.1 Å². The average molecular weight is 230 g/mol. The number of likely N-dealkylation sites (N-methyl/N-ethyl adjacent to an activating group) is 1. The number of pyridine rings is 1. The summed E-state index contributed by atoms with van der Waals surface area (Å²) in [6.45, 7) is 1.85. The molecule has 0 aliphatic carbocycles. The Morgan fingerprint density at radius 3 is 3.06 bits per heavy atom. The van der Waals surface area contributed by atoms with Gasteiger partial charge in [0.1, 0.15) is 6.07 Å². The molecule has 1 amide bonds. The lowest BCUT2D eigenvalue weighted by molar-refractivity contribution is -0.127. The van der Waals surface area contributed by atoms with Crippen molar-refractivity contribution in [2.75, 3.05) is 31.6 Å². The van der Waals surface area contributed by atoms with Crippen molar-refractivity contribution in [1.82, 2.24) is 9.88 Å². The molecule has 17 heavy (non-hydrogen) atoms. The van der Waals surface area contributed by atoms with E-state index < -0.39 is 0 Å². The highest BCUT2D eigenvalue weighted by Crippen LogP contribution is 2.19. The zero-order chi connectivity index (χ0) is 12.3. The van der Waals surface area contributed by atoms with Gasteiger partial charge in [-0.25, -0.2) is 4.98 Å². The number of amides is 1. The molecule has 1 fully saturated rings. The van der Waals surface area contributed by atoms with Gasteiger partial charge in [-0.3, -0.25) is 4.79 Å². The van der Waals surface area contributed by atoms with Gasteiger partial charge in [-0.1, -0.05) is 0 Å². The summed E-state index contributed by atoms with van der Waals surface area (Å²) >= 11 is 0. The fourth-order valence-corrected chi connectivity index (χ4v) is 1.93. The topological polar surface area (TPSA) is 60.2 Å². The van der Waals surface area contributed by atoms with Gasteiger partial charge in [0.05, 0.1) is 12.2 Å². The molecule has 1 aromatic heterocycles. The Morgan fingerprint density at radius 1 is 1.47 bits per heavy atom. The third-order valence-electron chi connectivity index (χ3n) is 2.91. The molecule has 5 nitrogen and oxygen atoms in total. The third-order valence-corrected chi connectivity index (χ3v) is 2.91. The number of hydrogen-bond donors (Lipinski definition) is 0. The molecule has 0 spiro atoms. The van der Waals surface area contributed by atoms with Gasteiger partial charge in [-0.2, -0.15) is 5.26 Å². The zero-order valence-corrected chi connectivity index (χ0v) is 9.76. The summed E-state index contributed by atoms with van der Waals surface area (Å²) < 4.78 is 0. The highest BCUT2D eigenvalue weighted by Gasteiger charge is 2.21. The highest BCUT2D eigenvalue weighted by atomic mass is 16.2. The molecule has 0 radical (unpaired) electrons. The monoisotopic (exact) mass is 230 g/mol. The summed E-state index contributed by atoms with van der Waals surface area (Å²) in [5.41, 5.74) is 1.13. The van der Waals surface area contributed by atoms with Crippen LogP contribution in [0.5, 0.6) is 0 Å². The molecule has 0 aromatic carbocycles. The molecule has 1 saturated heterocycles. The van der Waals surface area contributed by atoms with E-state index >= 15 is 0 Å². The van der Waals surface area contributed by atoms with Crippen molar-refractivity contribution >= 4 is 11.6 Å². The first kappa shape index (κ1) is 11.4. The van der Waals surface area contributed by atoms with E-state index in [1.165, 1.54) is 0 Å². The average Bonchev–Trinajstić information content (AvgIpc) is 2.52. The second-order valence-corrected chi connectivity index (χ2v) is 4.07. The van der Waals surface area contributed by atoms with Gasteiger partial charge in [-0.15, -0.1) is 0 Å². The minimum atomic E-state index is 0.0789. The summed E-state index contributed by atoms with van der Waals surface area (Å²) in [4.78, 5) is 19.5. The van der Waals surface area contributed by atoms with Crippen molar-refractivity contribution in [2.45, 2.75) is 6.42 Å². The van der Waals surface area contributed by atoms with Crippen molar-refractivity contribution in [1.29, 1.82) is 5.26 Å². The summed E-state index contributed by atoms with van der Waals surface area (Å²) in [7, 11) is 1.81. The van der Waals surface area contributed by atoms with E-state index in [1.807, 2.05) is 11.0 Å². The number of carbonyl (C=O) groups is 1. The fraction of sp³-hybridized carbons (Fsp3) is 0.417. The van der Waals surface area contributed by atoms with Gasteiger partial charge < -0.3 is 9.80 Å². The predicted molar refractivity (Wildman–Crippen MR) is 63.4 cm³/mol. The molecule has 0 bridgehead atoms. The van der Waals surface area contributed by atoms with Crippen molar-refractivity contribution in [2.24, 2.45) is 0 Å². The molecule has 88 valence electrons. The molecule has 0 N–H and O–H groups in total. The third kappa shape index (κ3) is 2.36. The Hall–Kier alpha value is -2.09. The molecule has 1 aliphatic heterocycles. The van der Waals surface area contributed by atoms with E-state index in [4.69, 9.17) is 5.26 Å². The van der Waals surface area contributed by atoms with Crippen molar-refractivity contribution < 1.29 is 4.79 Å². The summed E-state index contributed by atoms with van der Waals surface area (Å²) in [6.07, 6.45) is 2.50. The normalized spacial score (nSPS) is 16.6. The summed E-state index contributed by atoms with van der Waals surface area (Å²) in [5.74, 6) is 0.0789. The second kappa shape index (κ2) is 4.83. The van der Waals surface area contributed by atoms with E-state index in [0.29, 0.717) is 12.2 Å². The van der Waals surface area contributed by atoms with Crippen LogP contribution in [0.4, 0.5) is 5.69 Å². The molecule has 1 aliphatic rings. The lowest BCUT2D eigenvalue weighted by Gasteiger charge is -2.22. The zero-order valence-electron chi connectivity index (χ0n) is 9.76. The molecule has 2 rings (SSSR count). The lowest BCUT2D eigenvalue weighted by Crippen LogP contribution is -2.34. The van der Waals surface area contributed by atoms with Crippen LogP contribution in [0.2, 0.25) is 0 Å². The van der Waals surface area contributed by atoms with Gasteiger partial charge in [0, 0.05) is 26.3 Å². The second-order valence-electron chi connectivity index (χ2n) is 4.07. The maximum Gasteiger partial charge on any atom is 0.241 e. The molecular weight excluding hydrogens is 216 g/mol. The van der Waals surface area contributed by atoms with Crippen molar-refractivity contribution in [3.63, 3.8) is 0 Å². The number of hydrogen-bond acceptors (Lipinski definition) is 4. The quantitative estimate of drug-likeness (QED) is 0.709. The Balaban J connectivity index is 2.27. The highest BCUT2D eigenvalue weighted by molar-refractivity contribution is 5.82. The van der Waals surface area contributed by atoms with Gasteiger partial charge in [0.25, 0.3) is 0 Å². The van der Waals surface area contributed by atoms with Crippen LogP contribution in [0.15, 0.2) is 18.3 Å². The number of carbonyl (C=O) groups excluding carboxylic acids is 1. The molecule has 0 saturated carbocycles. The van der Waals surface area contributed by atoms with Crippen LogP contribution in [0.25, 0.3) is 0 Å². The standard InChI is InChI=1S/C12H14N4O/c1-15-6-3-7-16(9-12(15)17)11-4-2-5-14-10(11)8-13/h2,4-5H,3,6-7,9H2,1H3. The van der Waals surface area contributed by atoms with Crippen LogP contribution in [-0.4, -0.2) is 42.5 Å². The summed E-state index contributed by atoms with van der Waals surface area (Å²) in [5, 5.41) is 9.00. The minimum absolute atomic E-state index is 0.0789. The van der Waals surface area contributed by atoms with Crippen LogP contribution in [0.3, 0.4) is 0 Å². The molecule has 2 heterocycles. The van der Waals surface area contributed by atoms with Gasteiger partial charge in [0.2, 0.25) is 5.91 Å². The molecular formula is C12H14N4O. The number of rotatable bonds is 1. The Kier molecular flexibility index (Phi) is 3.24. The number of anilines is 1. The summed E-state index contributed by atoms with van der Waals surface area (Å²) in [6, 6.07) is 5.69. The molecule has 5 heteroatoms. The van der Waals surface area contributed by atoms with Gasteiger partial charge in [0.15, 0.2) is 5.69 Å². The fourth-order valence-electron chi connectivity index (χ4n) is 1.93. The van der Waals surface area contributed by atoms with Gasteiger partial charge in [-0.05, 0) is 18.6 Å². The number of nitrogens with zero attached hydrogens (tertiary/aromatic N) is 4. The van der Waals surface area contributed by atoms with Crippen molar-refractivity contribution in [3.05, 3.63) is 24.0 Å².